The lowest BCUT2D eigenvalue weighted by Gasteiger charge is -2.26. The van der Waals surface area contributed by atoms with Crippen LogP contribution in [0.1, 0.15) is 24.4 Å². The minimum Gasteiger partial charge on any atom is -0.497 e. The molecule has 1 heterocycles. The molecule has 156 valence electrons. The Bertz CT molecular complexity index is 855. The van der Waals surface area contributed by atoms with Crippen molar-refractivity contribution in [1.29, 1.82) is 0 Å². The van der Waals surface area contributed by atoms with E-state index in [-0.39, 0.29) is 18.5 Å². The van der Waals surface area contributed by atoms with Gasteiger partial charge in [0.05, 0.1) is 40.7 Å². The lowest BCUT2D eigenvalue weighted by molar-refractivity contribution is -0.117. The molecule has 1 saturated heterocycles. The van der Waals surface area contributed by atoms with Crippen molar-refractivity contribution in [2.75, 3.05) is 46.8 Å². The van der Waals surface area contributed by atoms with Crippen LogP contribution < -0.4 is 24.3 Å². The van der Waals surface area contributed by atoms with E-state index in [1.54, 1.807) is 46.6 Å². The van der Waals surface area contributed by atoms with Gasteiger partial charge in [-0.15, -0.1) is 0 Å². The molecule has 1 atom stereocenters. The number of nitrogens with zero attached hydrogens (tertiary/aromatic N) is 1. The van der Waals surface area contributed by atoms with E-state index in [0.717, 1.165) is 36.4 Å². The fourth-order valence-corrected chi connectivity index (χ4v) is 3.75. The molecule has 2 aromatic carbocycles. The zero-order valence-corrected chi connectivity index (χ0v) is 17.4. The van der Waals surface area contributed by atoms with Crippen molar-refractivity contribution in [2.45, 2.75) is 18.9 Å². The smallest absolute Gasteiger partial charge is 0.238 e. The number of ether oxygens (including phenoxy) is 4. The average molecular weight is 400 g/mol. The van der Waals surface area contributed by atoms with Gasteiger partial charge in [0.2, 0.25) is 5.91 Å². The monoisotopic (exact) mass is 400 g/mol. The minimum absolute atomic E-state index is 0.101. The number of carbonyl (C=O) groups is 1. The van der Waals surface area contributed by atoms with Crippen LogP contribution in [0.4, 0.5) is 5.69 Å². The second-order valence-corrected chi connectivity index (χ2v) is 6.85. The van der Waals surface area contributed by atoms with Crippen LogP contribution in [0.15, 0.2) is 36.4 Å². The standard InChI is InChI=1S/C22H28N2O5/c1-26-15-8-10-20(28-3)18(12-15)23-22(25)14-24-11-5-6-19(24)17-9-7-16(27-2)13-21(17)29-4/h7-10,12-13,19H,5-6,11,14H2,1-4H3,(H,23,25). The first kappa shape index (κ1) is 20.8. The van der Waals surface area contributed by atoms with E-state index >= 15 is 0 Å². The van der Waals surface area contributed by atoms with Gasteiger partial charge < -0.3 is 24.3 Å². The highest BCUT2D eigenvalue weighted by Crippen LogP contribution is 2.38. The van der Waals surface area contributed by atoms with Crippen molar-refractivity contribution in [3.63, 3.8) is 0 Å². The van der Waals surface area contributed by atoms with E-state index in [2.05, 4.69) is 10.2 Å². The molecule has 1 fully saturated rings. The van der Waals surface area contributed by atoms with Gasteiger partial charge in [-0.3, -0.25) is 9.69 Å². The Morgan fingerprint density at radius 2 is 1.66 bits per heavy atom. The predicted octanol–water partition coefficient (Wildman–Crippen LogP) is 3.50. The normalized spacial score (nSPS) is 16.3. The molecule has 7 nitrogen and oxygen atoms in total. The third-order valence-electron chi connectivity index (χ3n) is 5.19. The number of nitrogens with one attached hydrogen (secondary N) is 1. The molecule has 0 aliphatic carbocycles. The summed E-state index contributed by atoms with van der Waals surface area (Å²) in [7, 11) is 6.45. The molecule has 1 amide bonds. The largest absolute Gasteiger partial charge is 0.497 e. The van der Waals surface area contributed by atoms with Crippen LogP contribution in [0.2, 0.25) is 0 Å². The Hall–Kier alpha value is -2.93. The Morgan fingerprint density at radius 3 is 2.34 bits per heavy atom. The van der Waals surface area contributed by atoms with E-state index in [1.807, 2.05) is 18.2 Å². The summed E-state index contributed by atoms with van der Waals surface area (Å²) in [4.78, 5) is 14.9. The number of rotatable bonds is 8. The van der Waals surface area contributed by atoms with E-state index in [1.165, 1.54) is 0 Å². The van der Waals surface area contributed by atoms with E-state index in [9.17, 15) is 4.79 Å². The van der Waals surface area contributed by atoms with Crippen molar-refractivity contribution in [2.24, 2.45) is 0 Å². The fourth-order valence-electron chi connectivity index (χ4n) is 3.75. The summed E-state index contributed by atoms with van der Waals surface area (Å²) < 4.78 is 21.5. The van der Waals surface area contributed by atoms with Crippen LogP contribution in [-0.4, -0.2) is 52.3 Å². The zero-order chi connectivity index (χ0) is 20.8. The van der Waals surface area contributed by atoms with Crippen molar-refractivity contribution < 1.29 is 23.7 Å². The molecule has 1 aliphatic rings. The van der Waals surface area contributed by atoms with Crippen LogP contribution in [0, 0.1) is 0 Å². The first-order valence-corrected chi connectivity index (χ1v) is 9.57. The number of amides is 1. The topological polar surface area (TPSA) is 69.3 Å². The Labute approximate surface area is 171 Å². The molecule has 7 heteroatoms. The molecule has 0 spiro atoms. The molecule has 1 unspecified atom stereocenters. The van der Waals surface area contributed by atoms with Crippen molar-refractivity contribution in [3.05, 3.63) is 42.0 Å². The summed E-state index contributed by atoms with van der Waals surface area (Å²) in [5.74, 6) is 2.67. The molecule has 0 saturated carbocycles. The summed E-state index contributed by atoms with van der Waals surface area (Å²) in [5.41, 5.74) is 1.66. The number of anilines is 1. The molecule has 0 aromatic heterocycles. The van der Waals surface area contributed by atoms with Gasteiger partial charge in [-0.25, -0.2) is 0 Å². The Morgan fingerprint density at radius 1 is 0.966 bits per heavy atom. The van der Waals surface area contributed by atoms with E-state index in [4.69, 9.17) is 18.9 Å². The number of benzene rings is 2. The van der Waals surface area contributed by atoms with Gasteiger partial charge in [0.1, 0.15) is 23.0 Å². The summed E-state index contributed by atoms with van der Waals surface area (Å²) >= 11 is 0. The van der Waals surface area contributed by atoms with E-state index < -0.39 is 0 Å². The second-order valence-electron chi connectivity index (χ2n) is 6.85. The molecule has 1 N–H and O–H groups in total. The molecule has 3 rings (SSSR count). The first-order chi connectivity index (χ1) is 14.1. The Balaban J connectivity index is 1.74. The third-order valence-corrected chi connectivity index (χ3v) is 5.19. The summed E-state index contributed by atoms with van der Waals surface area (Å²) in [5, 5.41) is 2.95. The summed E-state index contributed by atoms with van der Waals surface area (Å²) in [6.45, 7) is 1.13. The fraction of sp³-hybridized carbons (Fsp3) is 0.409. The Kier molecular flexibility index (Phi) is 6.82. The number of methoxy groups -OCH3 is 4. The first-order valence-electron chi connectivity index (χ1n) is 9.57. The SMILES string of the molecule is COc1ccc(OC)c(NC(=O)CN2CCCC2c2ccc(OC)cc2OC)c1. The highest BCUT2D eigenvalue weighted by atomic mass is 16.5. The molecule has 1 aliphatic heterocycles. The number of carbonyl (C=O) groups excluding carboxylic acids is 1. The lowest BCUT2D eigenvalue weighted by atomic mass is 10.0. The highest BCUT2D eigenvalue weighted by Gasteiger charge is 2.30. The highest BCUT2D eigenvalue weighted by molar-refractivity contribution is 5.94. The second kappa shape index (κ2) is 9.52. The molecular formula is C22H28N2O5. The van der Waals surface area contributed by atoms with Crippen LogP contribution in [0.3, 0.4) is 0 Å². The molecule has 29 heavy (non-hydrogen) atoms. The maximum absolute atomic E-state index is 12.8. The van der Waals surface area contributed by atoms with Gasteiger partial charge in [0.15, 0.2) is 0 Å². The van der Waals surface area contributed by atoms with E-state index in [0.29, 0.717) is 17.2 Å². The van der Waals surface area contributed by atoms with Gasteiger partial charge in [-0.1, -0.05) is 6.07 Å². The molecule has 0 bridgehead atoms. The summed E-state index contributed by atoms with van der Waals surface area (Å²) in [6.07, 6.45) is 1.99. The van der Waals surface area contributed by atoms with Gasteiger partial charge in [-0.05, 0) is 37.6 Å². The minimum atomic E-state index is -0.101. The van der Waals surface area contributed by atoms with Crippen LogP contribution in [-0.2, 0) is 4.79 Å². The molecule has 0 radical (unpaired) electrons. The number of hydrogen-bond donors (Lipinski definition) is 1. The maximum atomic E-state index is 12.8. The van der Waals surface area contributed by atoms with Crippen molar-refractivity contribution in [1.82, 2.24) is 4.90 Å². The quantitative estimate of drug-likeness (QED) is 0.732. The third kappa shape index (κ3) is 4.74. The number of hydrogen-bond acceptors (Lipinski definition) is 6. The van der Waals surface area contributed by atoms with Gasteiger partial charge in [0.25, 0.3) is 0 Å². The average Bonchev–Trinajstić information content (AvgIpc) is 3.20. The lowest BCUT2D eigenvalue weighted by Crippen LogP contribution is -2.33. The van der Waals surface area contributed by atoms with Crippen molar-refractivity contribution in [3.8, 4) is 23.0 Å². The number of likely N-dealkylation sites (tertiary alicyclic amines) is 1. The predicted molar refractivity (Wildman–Crippen MR) is 111 cm³/mol. The van der Waals surface area contributed by atoms with Crippen LogP contribution in [0.25, 0.3) is 0 Å². The molecular weight excluding hydrogens is 372 g/mol. The van der Waals surface area contributed by atoms with Gasteiger partial charge >= 0.3 is 0 Å². The van der Waals surface area contributed by atoms with Crippen LogP contribution >= 0.6 is 0 Å². The maximum Gasteiger partial charge on any atom is 0.238 e. The van der Waals surface area contributed by atoms with Gasteiger partial charge in [0, 0.05) is 23.7 Å². The molecule has 2 aromatic rings. The van der Waals surface area contributed by atoms with Crippen LogP contribution in [0.5, 0.6) is 23.0 Å². The van der Waals surface area contributed by atoms with Gasteiger partial charge in [-0.2, -0.15) is 0 Å². The summed E-state index contributed by atoms with van der Waals surface area (Å²) in [6, 6.07) is 11.3. The van der Waals surface area contributed by atoms with Crippen molar-refractivity contribution >= 4 is 11.6 Å². The zero-order valence-electron chi connectivity index (χ0n) is 17.4.